The highest BCUT2D eigenvalue weighted by Gasteiger charge is 2.17. The molecule has 3 rings (SSSR count). The van der Waals surface area contributed by atoms with Gasteiger partial charge in [0.25, 0.3) is 0 Å². The van der Waals surface area contributed by atoms with E-state index in [2.05, 4.69) is 20.9 Å². The van der Waals surface area contributed by atoms with Gasteiger partial charge in [0.05, 0.1) is 29.4 Å². The van der Waals surface area contributed by atoms with Crippen molar-refractivity contribution < 1.29 is 9.53 Å². The third-order valence-corrected chi connectivity index (χ3v) is 4.67. The highest BCUT2D eigenvalue weighted by Crippen LogP contribution is 2.36. The minimum Gasteiger partial charge on any atom is -0.450 e. The van der Waals surface area contributed by atoms with Crippen LogP contribution in [0.15, 0.2) is 52.7 Å². The molecule has 2 aromatic rings. The predicted molar refractivity (Wildman–Crippen MR) is 113 cm³/mol. The van der Waals surface area contributed by atoms with Crippen molar-refractivity contribution in [1.82, 2.24) is 0 Å². The number of rotatable bonds is 6. The number of amides is 1. The fourth-order valence-corrected chi connectivity index (χ4v) is 3.26. The molecule has 7 heteroatoms. The van der Waals surface area contributed by atoms with E-state index in [-0.39, 0.29) is 6.61 Å². The SMILES string of the molecule is CCOC(=O)Nc1cc(N=Nc2ccccc2)c(NC2CCCCC2)cc1N. The van der Waals surface area contributed by atoms with Gasteiger partial charge < -0.3 is 15.8 Å². The van der Waals surface area contributed by atoms with Gasteiger partial charge in [-0.2, -0.15) is 5.11 Å². The highest BCUT2D eigenvalue weighted by molar-refractivity contribution is 5.92. The summed E-state index contributed by atoms with van der Waals surface area (Å²) in [6.07, 6.45) is 5.42. The van der Waals surface area contributed by atoms with Gasteiger partial charge in [-0.25, -0.2) is 4.79 Å². The van der Waals surface area contributed by atoms with Crippen molar-refractivity contribution in [3.8, 4) is 0 Å². The Balaban J connectivity index is 1.88. The van der Waals surface area contributed by atoms with Crippen molar-refractivity contribution in [2.45, 2.75) is 45.1 Å². The maximum atomic E-state index is 11.8. The molecule has 1 saturated carbocycles. The smallest absolute Gasteiger partial charge is 0.411 e. The molecule has 1 fully saturated rings. The molecule has 1 aliphatic rings. The second-order valence-corrected chi connectivity index (χ2v) is 6.82. The summed E-state index contributed by atoms with van der Waals surface area (Å²) in [5, 5.41) is 14.9. The van der Waals surface area contributed by atoms with Crippen LogP contribution in [0.3, 0.4) is 0 Å². The van der Waals surface area contributed by atoms with E-state index in [1.807, 2.05) is 30.3 Å². The molecule has 0 aliphatic heterocycles. The Hall–Kier alpha value is -3.09. The number of nitrogen functional groups attached to an aromatic ring is 1. The lowest BCUT2D eigenvalue weighted by Crippen LogP contribution is -2.22. The number of hydrogen-bond acceptors (Lipinski definition) is 6. The first-order valence-electron chi connectivity index (χ1n) is 9.76. The lowest BCUT2D eigenvalue weighted by Gasteiger charge is -2.25. The lowest BCUT2D eigenvalue weighted by molar-refractivity contribution is 0.168. The van der Waals surface area contributed by atoms with Gasteiger partial charge in [-0.05, 0) is 44.0 Å². The molecule has 1 amide bonds. The molecule has 0 radical (unpaired) electrons. The molecule has 7 nitrogen and oxygen atoms in total. The van der Waals surface area contributed by atoms with Gasteiger partial charge >= 0.3 is 6.09 Å². The molecule has 0 aromatic heterocycles. The van der Waals surface area contributed by atoms with E-state index in [9.17, 15) is 4.79 Å². The Kier molecular flexibility index (Phi) is 6.84. The molecule has 28 heavy (non-hydrogen) atoms. The molecule has 0 saturated heterocycles. The van der Waals surface area contributed by atoms with E-state index < -0.39 is 6.09 Å². The van der Waals surface area contributed by atoms with Gasteiger partial charge in [0.2, 0.25) is 0 Å². The summed E-state index contributed by atoms with van der Waals surface area (Å²) in [5.41, 5.74) is 9.26. The number of nitrogens with two attached hydrogens (primary N) is 1. The standard InChI is InChI=1S/C21H27N5O2/c1-2-28-21(27)24-18-14-20(26-25-16-11-7-4-8-12-16)19(13-17(18)22)23-15-9-5-3-6-10-15/h4,7-8,11-15,23H,2-3,5-6,9-10,22H2,1H3,(H,24,27). The van der Waals surface area contributed by atoms with Crippen LogP contribution in [0.1, 0.15) is 39.0 Å². The normalized spacial score (nSPS) is 14.8. The number of benzene rings is 2. The summed E-state index contributed by atoms with van der Waals surface area (Å²) in [4.78, 5) is 11.8. The third-order valence-electron chi connectivity index (χ3n) is 4.67. The molecular formula is C21H27N5O2. The molecular weight excluding hydrogens is 354 g/mol. The number of nitrogens with one attached hydrogen (secondary N) is 2. The van der Waals surface area contributed by atoms with Crippen molar-refractivity contribution in [2.24, 2.45) is 10.2 Å². The Bertz CT molecular complexity index is 817. The van der Waals surface area contributed by atoms with Gasteiger partial charge in [-0.3, -0.25) is 5.32 Å². The van der Waals surface area contributed by atoms with E-state index in [0.29, 0.717) is 23.1 Å². The Morgan fingerprint density at radius 2 is 1.86 bits per heavy atom. The topological polar surface area (TPSA) is 101 Å². The summed E-state index contributed by atoms with van der Waals surface area (Å²) >= 11 is 0. The highest BCUT2D eigenvalue weighted by atomic mass is 16.5. The fourth-order valence-electron chi connectivity index (χ4n) is 3.26. The van der Waals surface area contributed by atoms with E-state index in [4.69, 9.17) is 10.5 Å². The third kappa shape index (κ3) is 5.45. The molecule has 0 spiro atoms. The number of carbonyl (C=O) groups excluding carboxylic acids is 1. The zero-order valence-electron chi connectivity index (χ0n) is 16.1. The van der Waals surface area contributed by atoms with Gasteiger partial charge in [-0.1, -0.05) is 37.5 Å². The number of carbonyl (C=O) groups is 1. The first kappa shape index (κ1) is 19.7. The van der Waals surface area contributed by atoms with Crippen molar-refractivity contribution in [1.29, 1.82) is 0 Å². The average Bonchev–Trinajstić information content (AvgIpc) is 2.71. The zero-order valence-corrected chi connectivity index (χ0v) is 16.1. The van der Waals surface area contributed by atoms with Gasteiger partial charge in [-0.15, -0.1) is 5.11 Å². The van der Waals surface area contributed by atoms with Crippen LogP contribution in [-0.2, 0) is 4.74 Å². The number of ether oxygens (including phenoxy) is 1. The molecule has 0 atom stereocenters. The van der Waals surface area contributed by atoms with Crippen molar-refractivity contribution in [3.63, 3.8) is 0 Å². The Morgan fingerprint density at radius 3 is 2.57 bits per heavy atom. The van der Waals surface area contributed by atoms with Gasteiger partial charge in [0, 0.05) is 6.04 Å². The Labute approximate surface area is 165 Å². The van der Waals surface area contributed by atoms with E-state index in [1.165, 1.54) is 19.3 Å². The minimum absolute atomic E-state index is 0.285. The van der Waals surface area contributed by atoms with E-state index in [1.54, 1.807) is 19.1 Å². The largest absolute Gasteiger partial charge is 0.450 e. The number of hydrogen-bond donors (Lipinski definition) is 3. The number of anilines is 3. The summed E-state index contributed by atoms with van der Waals surface area (Å²) < 4.78 is 4.95. The van der Waals surface area contributed by atoms with Crippen molar-refractivity contribution in [3.05, 3.63) is 42.5 Å². The molecule has 1 aliphatic carbocycles. The maximum absolute atomic E-state index is 11.8. The average molecular weight is 381 g/mol. The van der Waals surface area contributed by atoms with Crippen LogP contribution < -0.4 is 16.4 Å². The number of nitrogens with zero attached hydrogens (tertiary/aromatic N) is 2. The van der Waals surface area contributed by atoms with E-state index in [0.717, 1.165) is 24.2 Å². The molecule has 0 heterocycles. The molecule has 4 N–H and O–H groups in total. The first-order chi connectivity index (χ1) is 13.7. The van der Waals surface area contributed by atoms with Crippen molar-refractivity contribution >= 4 is 34.5 Å². The van der Waals surface area contributed by atoms with Crippen LogP contribution in [0.5, 0.6) is 0 Å². The minimum atomic E-state index is -0.548. The molecule has 0 bridgehead atoms. The quantitative estimate of drug-likeness (QED) is 0.422. The van der Waals surface area contributed by atoms with Gasteiger partial charge in [0.1, 0.15) is 5.69 Å². The van der Waals surface area contributed by atoms with Crippen LogP contribution in [0.4, 0.5) is 33.2 Å². The second-order valence-electron chi connectivity index (χ2n) is 6.82. The first-order valence-corrected chi connectivity index (χ1v) is 9.76. The van der Waals surface area contributed by atoms with E-state index >= 15 is 0 Å². The molecule has 148 valence electrons. The fraction of sp³-hybridized carbons (Fsp3) is 0.381. The summed E-state index contributed by atoms with van der Waals surface area (Å²) in [5.74, 6) is 0. The van der Waals surface area contributed by atoms with Crippen LogP contribution in [0.2, 0.25) is 0 Å². The Morgan fingerprint density at radius 1 is 1.11 bits per heavy atom. The number of azo groups is 1. The monoisotopic (exact) mass is 381 g/mol. The van der Waals surface area contributed by atoms with Crippen LogP contribution in [0.25, 0.3) is 0 Å². The van der Waals surface area contributed by atoms with Crippen molar-refractivity contribution in [2.75, 3.05) is 23.0 Å². The van der Waals surface area contributed by atoms with Crippen LogP contribution in [0, 0.1) is 0 Å². The summed E-state index contributed by atoms with van der Waals surface area (Å²) in [6, 6.07) is 13.4. The molecule has 2 aromatic carbocycles. The summed E-state index contributed by atoms with van der Waals surface area (Å²) in [7, 11) is 0. The second kappa shape index (κ2) is 9.73. The summed E-state index contributed by atoms with van der Waals surface area (Å²) in [6.45, 7) is 2.03. The molecule has 0 unspecified atom stereocenters. The zero-order chi connectivity index (χ0) is 19.8. The van der Waals surface area contributed by atoms with Crippen LogP contribution >= 0.6 is 0 Å². The lowest BCUT2D eigenvalue weighted by atomic mass is 9.95. The predicted octanol–water partition coefficient (Wildman–Crippen LogP) is 6.00. The van der Waals surface area contributed by atoms with Crippen LogP contribution in [-0.4, -0.2) is 18.7 Å². The maximum Gasteiger partial charge on any atom is 0.411 e. The van der Waals surface area contributed by atoms with Gasteiger partial charge in [0.15, 0.2) is 0 Å².